The highest BCUT2D eigenvalue weighted by Gasteiger charge is 2.19. The monoisotopic (exact) mass is 202 g/mol. The molecule has 1 aliphatic rings. The normalized spacial score (nSPS) is 25.5. The van der Waals surface area contributed by atoms with Crippen molar-refractivity contribution in [1.82, 2.24) is 10.2 Å². The average molecular weight is 202 g/mol. The van der Waals surface area contributed by atoms with Crippen molar-refractivity contribution in [3.63, 3.8) is 0 Å². The summed E-state index contributed by atoms with van der Waals surface area (Å²) < 4.78 is 10.3. The van der Waals surface area contributed by atoms with Crippen LogP contribution in [0.25, 0.3) is 0 Å². The molecule has 0 radical (unpaired) electrons. The fourth-order valence-electron chi connectivity index (χ4n) is 1.80. The van der Waals surface area contributed by atoms with E-state index in [2.05, 4.69) is 17.3 Å². The lowest BCUT2D eigenvalue weighted by Gasteiger charge is -2.18. The second-order valence-corrected chi connectivity index (χ2v) is 3.97. The molecule has 0 aromatic rings. The van der Waals surface area contributed by atoms with Crippen molar-refractivity contribution in [3.05, 3.63) is 0 Å². The lowest BCUT2D eigenvalue weighted by molar-refractivity contribution is 0.0275. The van der Waals surface area contributed by atoms with Gasteiger partial charge in [-0.25, -0.2) is 0 Å². The molecule has 0 spiro atoms. The number of hydrogen-bond donors (Lipinski definition) is 1. The zero-order chi connectivity index (χ0) is 10.4. The van der Waals surface area contributed by atoms with E-state index in [1.165, 1.54) is 13.0 Å². The molecule has 1 aliphatic heterocycles. The van der Waals surface area contributed by atoms with Gasteiger partial charge in [-0.1, -0.05) is 0 Å². The number of likely N-dealkylation sites (N-methyl/N-ethyl adjacent to an activating group) is 1. The highest BCUT2D eigenvalue weighted by Crippen LogP contribution is 2.06. The van der Waals surface area contributed by atoms with Crippen LogP contribution in [0, 0.1) is 0 Å². The Morgan fingerprint density at radius 2 is 2.29 bits per heavy atom. The van der Waals surface area contributed by atoms with E-state index in [4.69, 9.17) is 9.47 Å². The first-order chi connectivity index (χ1) is 6.76. The van der Waals surface area contributed by atoms with Gasteiger partial charge in [-0.15, -0.1) is 0 Å². The first kappa shape index (κ1) is 11.9. The Morgan fingerprint density at radius 1 is 1.50 bits per heavy atom. The molecule has 1 heterocycles. The van der Waals surface area contributed by atoms with Crippen LogP contribution in [0.1, 0.15) is 6.42 Å². The van der Waals surface area contributed by atoms with E-state index >= 15 is 0 Å². The van der Waals surface area contributed by atoms with Gasteiger partial charge in [0.1, 0.15) is 0 Å². The maximum Gasteiger partial charge on any atom is 0.0928 e. The Bertz CT molecular complexity index is 151. The molecule has 0 aliphatic carbocycles. The Balaban J connectivity index is 2.12. The van der Waals surface area contributed by atoms with Crippen molar-refractivity contribution >= 4 is 0 Å². The van der Waals surface area contributed by atoms with Gasteiger partial charge in [0.05, 0.1) is 12.7 Å². The summed E-state index contributed by atoms with van der Waals surface area (Å²) >= 11 is 0. The maximum absolute atomic E-state index is 5.28. The Morgan fingerprint density at radius 3 is 2.79 bits per heavy atom. The van der Waals surface area contributed by atoms with Crippen LogP contribution >= 0.6 is 0 Å². The number of nitrogens with one attached hydrogen (secondary N) is 1. The highest BCUT2D eigenvalue weighted by molar-refractivity contribution is 4.79. The molecule has 0 amide bonds. The molecule has 1 rings (SSSR count). The first-order valence-electron chi connectivity index (χ1n) is 5.20. The minimum absolute atomic E-state index is 0.172. The number of hydrogen-bond acceptors (Lipinski definition) is 4. The lowest BCUT2D eigenvalue weighted by atomic mass is 10.2. The minimum atomic E-state index is 0.172. The summed E-state index contributed by atoms with van der Waals surface area (Å²) in [5.41, 5.74) is 0. The molecular formula is C10H22N2O2. The number of likely N-dealkylation sites (tertiary alicyclic amines) is 1. The van der Waals surface area contributed by atoms with E-state index in [1.54, 1.807) is 14.2 Å². The molecule has 2 unspecified atom stereocenters. The molecule has 0 aromatic heterocycles. The summed E-state index contributed by atoms with van der Waals surface area (Å²) in [6.45, 7) is 3.87. The Hall–Kier alpha value is -0.160. The van der Waals surface area contributed by atoms with Crippen LogP contribution in [-0.2, 0) is 9.47 Å². The van der Waals surface area contributed by atoms with Crippen molar-refractivity contribution < 1.29 is 9.47 Å². The van der Waals surface area contributed by atoms with E-state index < -0.39 is 0 Å². The van der Waals surface area contributed by atoms with Gasteiger partial charge in [0.15, 0.2) is 0 Å². The molecular weight excluding hydrogens is 180 g/mol. The molecule has 0 saturated carbocycles. The quantitative estimate of drug-likeness (QED) is 0.654. The third-order valence-electron chi connectivity index (χ3n) is 2.71. The smallest absolute Gasteiger partial charge is 0.0928 e. The minimum Gasteiger partial charge on any atom is -0.382 e. The summed E-state index contributed by atoms with van der Waals surface area (Å²) in [5.74, 6) is 0. The van der Waals surface area contributed by atoms with E-state index in [9.17, 15) is 0 Å². The summed E-state index contributed by atoms with van der Waals surface area (Å²) in [4.78, 5) is 2.34. The number of ether oxygens (including phenoxy) is 2. The second-order valence-electron chi connectivity index (χ2n) is 3.97. The molecule has 1 saturated heterocycles. The largest absolute Gasteiger partial charge is 0.382 e. The van der Waals surface area contributed by atoms with Crippen molar-refractivity contribution in [3.8, 4) is 0 Å². The van der Waals surface area contributed by atoms with Crippen LogP contribution in [0.4, 0.5) is 0 Å². The molecule has 1 N–H and O–H groups in total. The average Bonchev–Trinajstić information content (AvgIpc) is 2.59. The molecule has 84 valence electrons. The summed E-state index contributed by atoms with van der Waals surface area (Å²) in [6, 6.07) is 0.620. The topological polar surface area (TPSA) is 33.7 Å². The zero-order valence-electron chi connectivity index (χ0n) is 9.45. The van der Waals surface area contributed by atoms with Crippen LogP contribution in [0.3, 0.4) is 0 Å². The standard InChI is InChI=1S/C10H22N2O2/c1-12-5-4-9(7-12)11-6-10(14-3)8-13-2/h9-11H,4-8H2,1-3H3. The van der Waals surface area contributed by atoms with E-state index in [-0.39, 0.29) is 6.10 Å². The molecule has 0 aromatic carbocycles. The van der Waals surface area contributed by atoms with Crippen LogP contribution in [0.15, 0.2) is 0 Å². The third-order valence-corrected chi connectivity index (χ3v) is 2.71. The summed E-state index contributed by atoms with van der Waals surface area (Å²) in [5, 5.41) is 3.50. The van der Waals surface area contributed by atoms with Crippen molar-refractivity contribution in [2.24, 2.45) is 0 Å². The van der Waals surface area contributed by atoms with Crippen LogP contribution in [0.5, 0.6) is 0 Å². The van der Waals surface area contributed by atoms with Gasteiger partial charge < -0.3 is 19.7 Å². The second kappa shape index (κ2) is 6.35. The zero-order valence-corrected chi connectivity index (χ0v) is 9.45. The first-order valence-corrected chi connectivity index (χ1v) is 5.20. The Labute approximate surface area is 86.6 Å². The predicted molar refractivity (Wildman–Crippen MR) is 56.6 cm³/mol. The van der Waals surface area contributed by atoms with Gasteiger partial charge in [-0.05, 0) is 20.0 Å². The van der Waals surface area contributed by atoms with Gasteiger partial charge >= 0.3 is 0 Å². The van der Waals surface area contributed by atoms with Crippen LogP contribution < -0.4 is 5.32 Å². The van der Waals surface area contributed by atoms with Crippen molar-refractivity contribution in [2.45, 2.75) is 18.6 Å². The summed E-state index contributed by atoms with van der Waals surface area (Å²) in [7, 11) is 5.59. The molecule has 2 atom stereocenters. The van der Waals surface area contributed by atoms with Crippen molar-refractivity contribution in [2.75, 3.05) is 47.5 Å². The van der Waals surface area contributed by atoms with Crippen LogP contribution in [0.2, 0.25) is 0 Å². The number of rotatable bonds is 6. The fraction of sp³-hybridized carbons (Fsp3) is 1.00. The van der Waals surface area contributed by atoms with Gasteiger partial charge in [0.25, 0.3) is 0 Å². The van der Waals surface area contributed by atoms with Gasteiger partial charge in [-0.3, -0.25) is 0 Å². The highest BCUT2D eigenvalue weighted by atomic mass is 16.5. The SMILES string of the molecule is COCC(CNC1CCN(C)C1)OC. The molecule has 1 fully saturated rings. The predicted octanol–water partition coefficient (Wildman–Crippen LogP) is -0.0585. The van der Waals surface area contributed by atoms with E-state index in [0.717, 1.165) is 13.1 Å². The van der Waals surface area contributed by atoms with Gasteiger partial charge in [0, 0.05) is 33.4 Å². The van der Waals surface area contributed by atoms with E-state index in [1.807, 2.05) is 0 Å². The Kier molecular flexibility index (Phi) is 5.40. The maximum atomic E-state index is 5.28. The lowest BCUT2D eigenvalue weighted by Crippen LogP contribution is -2.39. The van der Waals surface area contributed by atoms with Gasteiger partial charge in [0.2, 0.25) is 0 Å². The van der Waals surface area contributed by atoms with Crippen LogP contribution in [-0.4, -0.2) is 64.6 Å². The number of methoxy groups -OCH3 is 2. The molecule has 4 heteroatoms. The van der Waals surface area contributed by atoms with Crippen molar-refractivity contribution in [1.29, 1.82) is 0 Å². The summed E-state index contributed by atoms with van der Waals surface area (Å²) in [6.07, 6.45) is 1.41. The van der Waals surface area contributed by atoms with Gasteiger partial charge in [-0.2, -0.15) is 0 Å². The molecule has 0 bridgehead atoms. The third kappa shape index (κ3) is 3.92. The molecule has 14 heavy (non-hydrogen) atoms. The molecule has 4 nitrogen and oxygen atoms in total. The van der Waals surface area contributed by atoms with E-state index in [0.29, 0.717) is 12.6 Å². The number of nitrogens with zero attached hydrogens (tertiary/aromatic N) is 1. The fourth-order valence-corrected chi connectivity index (χ4v) is 1.80.